The van der Waals surface area contributed by atoms with E-state index in [1.807, 2.05) is 30.3 Å². The number of piperidine rings is 1. The van der Waals surface area contributed by atoms with Crippen molar-refractivity contribution < 1.29 is 19.4 Å². The summed E-state index contributed by atoms with van der Waals surface area (Å²) in [4.78, 5) is 20.9. The molecule has 0 radical (unpaired) electrons. The Morgan fingerprint density at radius 1 is 0.976 bits per heavy atom. The first-order chi connectivity index (χ1) is 20.3. The fourth-order valence-electron chi connectivity index (χ4n) is 6.49. The minimum absolute atomic E-state index is 0.0308. The van der Waals surface area contributed by atoms with Gasteiger partial charge in [-0.15, -0.1) is 0 Å². The van der Waals surface area contributed by atoms with Crippen LogP contribution in [0.5, 0.6) is 17.2 Å². The summed E-state index contributed by atoms with van der Waals surface area (Å²) in [7, 11) is 1.65. The van der Waals surface area contributed by atoms with Gasteiger partial charge in [0.2, 0.25) is 0 Å². The monoisotopic (exact) mass is 564 g/mol. The SMILES string of the molecule is COc1cc2c(cc1OCC(C)(C)c1ccc3cc(O)ccc3n1)C(=O)C(CC1CCN(Cc3ccccc3)CC1)C2. The molecule has 4 aromatic rings. The molecule has 6 heteroatoms. The number of Topliss-reactive ketones (excluding diaryl/α,β-unsaturated/α-hetero) is 1. The van der Waals surface area contributed by atoms with Crippen LogP contribution in [0.2, 0.25) is 0 Å². The predicted octanol–water partition coefficient (Wildman–Crippen LogP) is 6.96. The summed E-state index contributed by atoms with van der Waals surface area (Å²) < 4.78 is 12.0. The minimum atomic E-state index is -0.391. The molecule has 1 atom stereocenters. The number of methoxy groups -OCH3 is 1. The van der Waals surface area contributed by atoms with E-state index < -0.39 is 5.41 Å². The van der Waals surface area contributed by atoms with Gasteiger partial charge in [-0.1, -0.05) is 50.2 Å². The van der Waals surface area contributed by atoms with Crippen LogP contribution in [0.3, 0.4) is 0 Å². The third-order valence-electron chi connectivity index (χ3n) is 9.02. The highest BCUT2D eigenvalue weighted by atomic mass is 16.5. The number of phenolic OH excluding ortho intramolecular Hbond substituents is 1. The number of ketones is 1. The normalized spacial score (nSPS) is 17.9. The van der Waals surface area contributed by atoms with Gasteiger partial charge in [0, 0.05) is 28.8 Å². The van der Waals surface area contributed by atoms with Crippen LogP contribution in [-0.4, -0.2) is 47.6 Å². The van der Waals surface area contributed by atoms with Gasteiger partial charge in [-0.05, 0) is 92.2 Å². The van der Waals surface area contributed by atoms with Crippen LogP contribution < -0.4 is 9.47 Å². The zero-order valence-electron chi connectivity index (χ0n) is 24.8. The second-order valence-corrected chi connectivity index (χ2v) is 12.6. The number of ether oxygens (including phenoxy) is 2. The van der Waals surface area contributed by atoms with Crippen molar-refractivity contribution in [2.24, 2.45) is 11.8 Å². The topological polar surface area (TPSA) is 71.9 Å². The van der Waals surface area contributed by atoms with E-state index in [0.717, 1.165) is 73.0 Å². The summed E-state index contributed by atoms with van der Waals surface area (Å²) in [5.74, 6) is 2.33. The number of pyridine rings is 1. The summed E-state index contributed by atoms with van der Waals surface area (Å²) in [5.41, 5.74) is 4.53. The lowest BCUT2D eigenvalue weighted by Crippen LogP contribution is -2.34. The molecule has 1 fully saturated rings. The van der Waals surface area contributed by atoms with Crippen molar-refractivity contribution in [1.82, 2.24) is 9.88 Å². The third kappa shape index (κ3) is 6.00. The summed E-state index contributed by atoms with van der Waals surface area (Å²) in [6, 6.07) is 23.7. The van der Waals surface area contributed by atoms with E-state index in [0.29, 0.717) is 24.0 Å². The van der Waals surface area contributed by atoms with E-state index in [2.05, 4.69) is 49.1 Å². The summed E-state index contributed by atoms with van der Waals surface area (Å²) in [6.45, 7) is 7.73. The molecule has 6 nitrogen and oxygen atoms in total. The van der Waals surface area contributed by atoms with Crippen LogP contribution in [0, 0.1) is 11.8 Å². The molecule has 1 aliphatic carbocycles. The molecule has 42 heavy (non-hydrogen) atoms. The number of aromatic hydroxyl groups is 1. The Labute approximate surface area is 248 Å². The Bertz CT molecular complexity index is 1570. The second-order valence-electron chi connectivity index (χ2n) is 12.6. The molecule has 0 amide bonds. The van der Waals surface area contributed by atoms with Gasteiger partial charge in [-0.3, -0.25) is 14.7 Å². The molecule has 0 saturated carbocycles. The van der Waals surface area contributed by atoms with Crippen molar-refractivity contribution in [1.29, 1.82) is 0 Å². The Kier molecular flexibility index (Phi) is 7.91. The zero-order chi connectivity index (χ0) is 29.3. The smallest absolute Gasteiger partial charge is 0.166 e. The van der Waals surface area contributed by atoms with Crippen LogP contribution in [-0.2, 0) is 18.4 Å². The number of hydrogen-bond donors (Lipinski definition) is 1. The highest BCUT2D eigenvalue weighted by Crippen LogP contribution is 2.40. The number of likely N-dealkylation sites (tertiary alicyclic amines) is 1. The lowest BCUT2D eigenvalue weighted by atomic mass is 9.85. The van der Waals surface area contributed by atoms with E-state index in [9.17, 15) is 9.90 Å². The molecule has 0 spiro atoms. The fraction of sp³-hybridized carbons (Fsp3) is 0.389. The van der Waals surface area contributed by atoms with Crippen LogP contribution in [0.1, 0.15) is 60.3 Å². The number of phenols is 1. The van der Waals surface area contributed by atoms with Gasteiger partial charge in [-0.2, -0.15) is 0 Å². The molecule has 218 valence electrons. The molecule has 0 bridgehead atoms. The van der Waals surface area contributed by atoms with Crippen molar-refractivity contribution >= 4 is 16.7 Å². The minimum Gasteiger partial charge on any atom is -0.508 e. The van der Waals surface area contributed by atoms with Crippen molar-refractivity contribution in [3.05, 3.63) is 95.2 Å². The highest BCUT2D eigenvalue weighted by Gasteiger charge is 2.35. The first kappa shape index (κ1) is 28.2. The molecular formula is C36H40N2O4. The number of nitrogens with zero attached hydrogens (tertiary/aromatic N) is 2. The van der Waals surface area contributed by atoms with Gasteiger partial charge < -0.3 is 14.6 Å². The lowest BCUT2D eigenvalue weighted by Gasteiger charge is -2.32. The number of carbonyl (C=O) groups is 1. The summed E-state index contributed by atoms with van der Waals surface area (Å²) in [6.07, 6.45) is 4.01. The number of fused-ring (bicyclic) bond motifs is 2. The first-order valence-corrected chi connectivity index (χ1v) is 15.0. The number of rotatable bonds is 9. The quantitative estimate of drug-likeness (QED) is 0.237. The number of hydrogen-bond acceptors (Lipinski definition) is 6. The molecular weight excluding hydrogens is 524 g/mol. The number of benzene rings is 3. The molecule has 1 unspecified atom stereocenters. The molecule has 1 N–H and O–H groups in total. The van der Waals surface area contributed by atoms with E-state index >= 15 is 0 Å². The molecule has 2 heterocycles. The van der Waals surface area contributed by atoms with Gasteiger partial charge in [-0.25, -0.2) is 0 Å². The van der Waals surface area contributed by atoms with Crippen LogP contribution in [0.4, 0.5) is 0 Å². The molecule has 1 aliphatic heterocycles. The Hall–Kier alpha value is -3.90. The van der Waals surface area contributed by atoms with Gasteiger partial charge >= 0.3 is 0 Å². The van der Waals surface area contributed by atoms with Gasteiger partial charge in [0.25, 0.3) is 0 Å². The average molecular weight is 565 g/mol. The van der Waals surface area contributed by atoms with Crippen LogP contribution >= 0.6 is 0 Å². The van der Waals surface area contributed by atoms with E-state index in [-0.39, 0.29) is 17.5 Å². The van der Waals surface area contributed by atoms with Crippen LogP contribution in [0.15, 0.2) is 72.8 Å². The first-order valence-electron chi connectivity index (χ1n) is 15.0. The van der Waals surface area contributed by atoms with Gasteiger partial charge in [0.1, 0.15) is 5.75 Å². The average Bonchev–Trinajstić information content (AvgIpc) is 3.30. The maximum atomic E-state index is 13.6. The van der Waals surface area contributed by atoms with Crippen molar-refractivity contribution in [3.8, 4) is 17.2 Å². The van der Waals surface area contributed by atoms with E-state index in [1.165, 1.54) is 5.56 Å². The maximum Gasteiger partial charge on any atom is 0.166 e. The Balaban J connectivity index is 1.09. The summed E-state index contributed by atoms with van der Waals surface area (Å²) in [5, 5.41) is 10.7. The lowest BCUT2D eigenvalue weighted by molar-refractivity contribution is 0.0895. The summed E-state index contributed by atoms with van der Waals surface area (Å²) >= 11 is 0. The number of aromatic nitrogens is 1. The molecule has 6 rings (SSSR count). The van der Waals surface area contributed by atoms with Crippen LogP contribution in [0.25, 0.3) is 10.9 Å². The van der Waals surface area contributed by atoms with E-state index in [1.54, 1.807) is 19.2 Å². The molecule has 2 aliphatic rings. The molecule has 1 aromatic heterocycles. The number of carbonyl (C=O) groups excluding carboxylic acids is 1. The van der Waals surface area contributed by atoms with Gasteiger partial charge in [0.15, 0.2) is 17.3 Å². The largest absolute Gasteiger partial charge is 0.508 e. The third-order valence-corrected chi connectivity index (χ3v) is 9.02. The Morgan fingerprint density at radius 2 is 1.76 bits per heavy atom. The van der Waals surface area contributed by atoms with Crippen molar-refractivity contribution in [2.75, 3.05) is 26.8 Å². The second kappa shape index (κ2) is 11.8. The zero-order valence-corrected chi connectivity index (χ0v) is 24.8. The molecule has 3 aromatic carbocycles. The van der Waals surface area contributed by atoms with Crippen molar-refractivity contribution in [2.45, 2.75) is 51.5 Å². The van der Waals surface area contributed by atoms with Crippen molar-refractivity contribution in [3.63, 3.8) is 0 Å². The maximum absolute atomic E-state index is 13.6. The van der Waals surface area contributed by atoms with E-state index in [4.69, 9.17) is 14.5 Å². The fourth-order valence-corrected chi connectivity index (χ4v) is 6.49. The molecule has 1 saturated heterocycles. The van der Waals surface area contributed by atoms with Gasteiger partial charge in [0.05, 0.1) is 24.9 Å². The predicted molar refractivity (Wildman–Crippen MR) is 166 cm³/mol. The standard InChI is InChI=1S/C36H40N2O4/c1-36(2,34-12-9-26-19-29(39)10-11-31(26)37-34)23-42-33-21-30-27(20-32(33)41-3)18-28(35(30)40)17-24-13-15-38(16-14-24)22-25-7-5-4-6-8-25/h4-12,19-21,24,28,39H,13-18,22-23H2,1-3H3. The Morgan fingerprint density at radius 3 is 2.52 bits per heavy atom. The highest BCUT2D eigenvalue weighted by molar-refractivity contribution is 6.03.